The number of hydrogen-bond acceptors (Lipinski definition) is 4. The Morgan fingerprint density at radius 1 is 1.37 bits per heavy atom. The van der Waals surface area contributed by atoms with E-state index in [4.69, 9.17) is 0 Å². The van der Waals surface area contributed by atoms with E-state index in [-0.39, 0.29) is 17.5 Å². The van der Waals surface area contributed by atoms with Crippen molar-refractivity contribution in [3.8, 4) is 0 Å². The molecule has 0 spiro atoms. The molecule has 19 heavy (non-hydrogen) atoms. The number of anilines is 1. The van der Waals surface area contributed by atoms with Crippen LogP contribution in [0.3, 0.4) is 0 Å². The van der Waals surface area contributed by atoms with Gasteiger partial charge in [0.1, 0.15) is 11.5 Å². The van der Waals surface area contributed by atoms with Crippen molar-refractivity contribution >= 4 is 11.4 Å². The molecule has 0 heterocycles. The Labute approximate surface area is 110 Å². The number of benzene rings is 1. The molecule has 1 aromatic carbocycles. The Kier molecular flexibility index (Phi) is 4.31. The summed E-state index contributed by atoms with van der Waals surface area (Å²) in [4.78, 5) is 10.3. The number of aliphatic hydroxyl groups excluding tert-OH is 1. The van der Waals surface area contributed by atoms with Crippen molar-refractivity contribution in [2.24, 2.45) is 5.92 Å². The van der Waals surface area contributed by atoms with Crippen molar-refractivity contribution in [1.82, 2.24) is 0 Å². The van der Waals surface area contributed by atoms with Gasteiger partial charge in [-0.3, -0.25) is 10.1 Å². The van der Waals surface area contributed by atoms with Gasteiger partial charge < -0.3 is 10.4 Å². The normalized spacial score (nSPS) is 23.1. The van der Waals surface area contributed by atoms with Crippen molar-refractivity contribution < 1.29 is 14.4 Å². The van der Waals surface area contributed by atoms with Gasteiger partial charge in [-0.2, -0.15) is 0 Å². The molecular weight excluding hydrogens is 251 g/mol. The maximum atomic E-state index is 13.1. The summed E-state index contributed by atoms with van der Waals surface area (Å²) in [5, 5.41) is 23.2. The van der Waals surface area contributed by atoms with Gasteiger partial charge >= 0.3 is 0 Å². The van der Waals surface area contributed by atoms with Gasteiger partial charge in [0.15, 0.2) is 0 Å². The third kappa shape index (κ3) is 3.64. The summed E-state index contributed by atoms with van der Waals surface area (Å²) in [7, 11) is 0. The molecule has 1 fully saturated rings. The summed E-state index contributed by atoms with van der Waals surface area (Å²) in [5.41, 5.74) is 0.105. The van der Waals surface area contributed by atoms with E-state index in [1.54, 1.807) is 0 Å². The first-order chi connectivity index (χ1) is 9.06. The van der Waals surface area contributed by atoms with E-state index in [9.17, 15) is 19.6 Å². The number of nitro benzene ring substituents is 1. The Morgan fingerprint density at radius 2 is 2.05 bits per heavy atom. The maximum Gasteiger partial charge on any atom is 0.292 e. The van der Waals surface area contributed by atoms with Crippen LogP contribution in [0.4, 0.5) is 15.8 Å². The number of nitrogens with one attached hydrogen (secondary N) is 1. The zero-order chi connectivity index (χ0) is 13.8. The maximum absolute atomic E-state index is 13.1. The van der Waals surface area contributed by atoms with Crippen LogP contribution in [0.15, 0.2) is 18.2 Å². The van der Waals surface area contributed by atoms with E-state index < -0.39 is 10.7 Å². The van der Waals surface area contributed by atoms with Gasteiger partial charge in [-0.1, -0.05) is 0 Å². The lowest BCUT2D eigenvalue weighted by atomic mass is 9.87. The second kappa shape index (κ2) is 5.97. The van der Waals surface area contributed by atoms with Crippen LogP contribution in [0.1, 0.15) is 25.7 Å². The third-order valence-electron chi connectivity index (χ3n) is 3.55. The molecule has 0 unspecified atom stereocenters. The molecule has 5 nitrogen and oxygen atoms in total. The van der Waals surface area contributed by atoms with Crippen molar-refractivity contribution in [3.63, 3.8) is 0 Å². The predicted octanol–water partition coefficient (Wildman–Crippen LogP) is 2.70. The zero-order valence-corrected chi connectivity index (χ0v) is 10.5. The molecular formula is C13H17FN2O3. The molecule has 2 N–H and O–H groups in total. The lowest BCUT2D eigenvalue weighted by molar-refractivity contribution is -0.384. The molecule has 1 aliphatic rings. The van der Waals surface area contributed by atoms with Crippen LogP contribution in [0.25, 0.3) is 0 Å². The molecule has 0 amide bonds. The van der Waals surface area contributed by atoms with Crippen LogP contribution in [0.5, 0.6) is 0 Å². The second-order valence-electron chi connectivity index (χ2n) is 4.97. The van der Waals surface area contributed by atoms with Crippen LogP contribution >= 0.6 is 0 Å². The molecule has 2 rings (SSSR count). The van der Waals surface area contributed by atoms with Gasteiger partial charge in [-0.05, 0) is 37.7 Å². The molecule has 104 valence electrons. The van der Waals surface area contributed by atoms with Crippen LogP contribution in [-0.2, 0) is 0 Å². The van der Waals surface area contributed by atoms with E-state index in [2.05, 4.69) is 5.32 Å². The third-order valence-corrected chi connectivity index (χ3v) is 3.55. The SMILES string of the molecule is O=[N+]([O-])c1ccc(F)cc1NCC1CCC(O)CC1. The van der Waals surface area contributed by atoms with E-state index in [0.29, 0.717) is 12.5 Å². The van der Waals surface area contributed by atoms with Crippen LogP contribution in [-0.4, -0.2) is 22.7 Å². The highest BCUT2D eigenvalue weighted by Gasteiger charge is 2.20. The number of hydrogen-bond donors (Lipinski definition) is 2. The first-order valence-electron chi connectivity index (χ1n) is 6.42. The molecule has 0 atom stereocenters. The standard InChI is InChI=1S/C13H17FN2O3/c14-10-3-6-13(16(18)19)12(7-10)15-8-9-1-4-11(17)5-2-9/h3,6-7,9,11,15,17H,1-2,4-5,8H2. The molecule has 1 saturated carbocycles. The minimum atomic E-state index is -0.521. The van der Waals surface area contributed by atoms with Gasteiger partial charge in [0.05, 0.1) is 11.0 Å². The minimum Gasteiger partial charge on any atom is -0.393 e. The van der Waals surface area contributed by atoms with E-state index in [1.165, 1.54) is 6.07 Å². The fourth-order valence-electron chi connectivity index (χ4n) is 2.41. The van der Waals surface area contributed by atoms with Gasteiger partial charge in [0, 0.05) is 18.7 Å². The summed E-state index contributed by atoms with van der Waals surface area (Å²) in [6.45, 7) is 0.566. The molecule has 0 saturated heterocycles. The fraction of sp³-hybridized carbons (Fsp3) is 0.538. The molecule has 6 heteroatoms. The number of nitro groups is 1. The summed E-state index contributed by atoms with van der Waals surface area (Å²) in [6, 6.07) is 3.40. The topological polar surface area (TPSA) is 75.4 Å². The van der Waals surface area contributed by atoms with Gasteiger partial charge in [0.25, 0.3) is 5.69 Å². The largest absolute Gasteiger partial charge is 0.393 e. The van der Waals surface area contributed by atoms with Gasteiger partial charge in [-0.25, -0.2) is 4.39 Å². The lowest BCUT2D eigenvalue weighted by Gasteiger charge is -2.25. The zero-order valence-electron chi connectivity index (χ0n) is 10.5. The van der Waals surface area contributed by atoms with Crippen molar-refractivity contribution in [2.45, 2.75) is 31.8 Å². The Hall–Kier alpha value is -1.69. The van der Waals surface area contributed by atoms with Crippen LogP contribution in [0.2, 0.25) is 0 Å². The monoisotopic (exact) mass is 268 g/mol. The van der Waals surface area contributed by atoms with E-state index in [1.807, 2.05) is 0 Å². The first-order valence-corrected chi connectivity index (χ1v) is 6.42. The molecule has 0 aromatic heterocycles. The van der Waals surface area contributed by atoms with E-state index >= 15 is 0 Å². The van der Waals surface area contributed by atoms with Crippen LogP contribution in [0, 0.1) is 21.8 Å². The fourth-order valence-corrected chi connectivity index (χ4v) is 2.41. The predicted molar refractivity (Wildman–Crippen MR) is 69.5 cm³/mol. The van der Waals surface area contributed by atoms with Crippen LogP contribution < -0.4 is 5.32 Å². The molecule has 0 radical (unpaired) electrons. The number of nitrogens with zero attached hydrogens (tertiary/aromatic N) is 1. The smallest absolute Gasteiger partial charge is 0.292 e. The highest BCUT2D eigenvalue weighted by atomic mass is 19.1. The molecule has 0 bridgehead atoms. The summed E-state index contributed by atoms with van der Waals surface area (Å²) < 4.78 is 13.1. The Bertz CT molecular complexity index is 459. The number of aliphatic hydroxyl groups is 1. The lowest BCUT2D eigenvalue weighted by Crippen LogP contribution is -2.23. The number of halogens is 1. The number of rotatable bonds is 4. The molecule has 0 aliphatic heterocycles. The van der Waals surface area contributed by atoms with Gasteiger partial charge in [0.2, 0.25) is 0 Å². The highest BCUT2D eigenvalue weighted by molar-refractivity contribution is 5.61. The summed E-state index contributed by atoms with van der Waals surface area (Å²) in [6.07, 6.45) is 3.07. The molecule has 1 aromatic rings. The van der Waals surface area contributed by atoms with E-state index in [0.717, 1.165) is 37.8 Å². The second-order valence-corrected chi connectivity index (χ2v) is 4.97. The summed E-state index contributed by atoms with van der Waals surface area (Å²) >= 11 is 0. The van der Waals surface area contributed by atoms with Crippen molar-refractivity contribution in [1.29, 1.82) is 0 Å². The van der Waals surface area contributed by atoms with Gasteiger partial charge in [-0.15, -0.1) is 0 Å². The Balaban J connectivity index is 1.98. The average Bonchev–Trinajstić information content (AvgIpc) is 2.38. The molecule has 1 aliphatic carbocycles. The summed E-state index contributed by atoms with van der Waals surface area (Å²) in [5.74, 6) is -0.126. The quantitative estimate of drug-likeness (QED) is 0.650. The first kappa shape index (κ1) is 13.7. The van der Waals surface area contributed by atoms with Crippen molar-refractivity contribution in [2.75, 3.05) is 11.9 Å². The Morgan fingerprint density at radius 3 is 2.68 bits per heavy atom. The minimum absolute atomic E-state index is 0.114. The highest BCUT2D eigenvalue weighted by Crippen LogP contribution is 2.28. The van der Waals surface area contributed by atoms with Crippen molar-refractivity contribution in [3.05, 3.63) is 34.1 Å². The average molecular weight is 268 g/mol.